The summed E-state index contributed by atoms with van der Waals surface area (Å²) >= 11 is 0. The van der Waals surface area contributed by atoms with Crippen LogP contribution in [0.5, 0.6) is 0 Å². The second kappa shape index (κ2) is 12.9. The molecule has 0 bridgehead atoms. The van der Waals surface area contributed by atoms with Gasteiger partial charge in [-0.05, 0) is 12.0 Å². The Morgan fingerprint density at radius 2 is 1.90 bits per heavy atom. The predicted octanol–water partition coefficient (Wildman–Crippen LogP) is 3.35. The maximum atomic E-state index is 5.53. The zero-order chi connectivity index (χ0) is 14.6. The molecule has 1 atom stereocenters. The van der Waals surface area contributed by atoms with Crippen molar-refractivity contribution in [1.29, 1.82) is 0 Å². The molecule has 4 nitrogen and oxygen atoms in total. The molecule has 2 N–H and O–H groups in total. The summed E-state index contributed by atoms with van der Waals surface area (Å²) < 4.78 is 5.53. The number of halogens is 1. The highest BCUT2D eigenvalue weighted by Gasteiger charge is 2.10. The molecule has 0 radical (unpaired) electrons. The Morgan fingerprint density at radius 3 is 2.48 bits per heavy atom. The lowest BCUT2D eigenvalue weighted by molar-refractivity contribution is 0.106. The van der Waals surface area contributed by atoms with Crippen molar-refractivity contribution in [3.63, 3.8) is 0 Å². The summed E-state index contributed by atoms with van der Waals surface area (Å²) in [5.41, 5.74) is 1.17. The molecule has 0 saturated heterocycles. The van der Waals surface area contributed by atoms with Crippen LogP contribution in [0, 0.1) is 0 Å². The van der Waals surface area contributed by atoms with Crippen LogP contribution in [-0.4, -0.2) is 33.2 Å². The second-order valence-corrected chi connectivity index (χ2v) is 4.72. The van der Waals surface area contributed by atoms with E-state index in [1.165, 1.54) is 24.8 Å². The molecule has 120 valence electrons. The Hall–Kier alpha value is -0.820. The molecule has 1 unspecified atom stereocenters. The first-order valence-corrected chi connectivity index (χ1v) is 7.34. The number of rotatable bonds is 8. The fourth-order valence-corrected chi connectivity index (χ4v) is 2.00. The zero-order valence-corrected chi connectivity index (χ0v) is 15.6. The van der Waals surface area contributed by atoms with Crippen LogP contribution in [0.1, 0.15) is 37.9 Å². The summed E-state index contributed by atoms with van der Waals surface area (Å²) in [6.45, 7) is 3.86. The zero-order valence-electron chi connectivity index (χ0n) is 13.3. The molecule has 0 aliphatic carbocycles. The van der Waals surface area contributed by atoms with Gasteiger partial charge in [-0.3, -0.25) is 4.99 Å². The lowest BCUT2D eigenvalue weighted by Crippen LogP contribution is -2.40. The van der Waals surface area contributed by atoms with Crippen LogP contribution in [0.2, 0.25) is 0 Å². The second-order valence-electron chi connectivity index (χ2n) is 4.72. The first kappa shape index (κ1) is 20.2. The van der Waals surface area contributed by atoms with Crippen LogP contribution in [0.4, 0.5) is 0 Å². The third kappa shape index (κ3) is 8.26. The Balaban J connectivity index is 0.00000400. The summed E-state index contributed by atoms with van der Waals surface area (Å²) in [6.07, 6.45) is 3.68. The van der Waals surface area contributed by atoms with Crippen molar-refractivity contribution in [3.05, 3.63) is 35.9 Å². The van der Waals surface area contributed by atoms with Gasteiger partial charge in [0.2, 0.25) is 0 Å². The van der Waals surface area contributed by atoms with Gasteiger partial charge in [0.15, 0.2) is 5.96 Å². The highest BCUT2D eigenvalue weighted by Crippen LogP contribution is 2.14. The van der Waals surface area contributed by atoms with Crippen LogP contribution < -0.4 is 10.6 Å². The predicted molar refractivity (Wildman–Crippen MR) is 100 cm³/mol. The van der Waals surface area contributed by atoms with Crippen LogP contribution in [0.15, 0.2) is 35.3 Å². The number of hydrogen-bond donors (Lipinski definition) is 2. The number of methoxy groups -OCH3 is 1. The van der Waals surface area contributed by atoms with Crippen molar-refractivity contribution >= 4 is 29.9 Å². The quantitative estimate of drug-likeness (QED) is 0.302. The van der Waals surface area contributed by atoms with E-state index in [0.29, 0.717) is 6.54 Å². The largest absolute Gasteiger partial charge is 0.375 e. The smallest absolute Gasteiger partial charge is 0.191 e. The standard InChI is InChI=1S/C16H27N3O.HI/c1-4-5-9-12-18-16(17-2)19-13-15(20-3)14-10-7-6-8-11-14;/h6-8,10-11,15H,4-5,9,12-13H2,1-3H3,(H2,17,18,19);1H. The van der Waals surface area contributed by atoms with Gasteiger partial charge in [0.1, 0.15) is 0 Å². The van der Waals surface area contributed by atoms with Crippen molar-refractivity contribution in [1.82, 2.24) is 10.6 Å². The van der Waals surface area contributed by atoms with Gasteiger partial charge in [-0.2, -0.15) is 0 Å². The van der Waals surface area contributed by atoms with Gasteiger partial charge in [-0.25, -0.2) is 0 Å². The molecule has 0 aliphatic heterocycles. The molecule has 0 aromatic heterocycles. The fourth-order valence-electron chi connectivity index (χ4n) is 2.00. The minimum Gasteiger partial charge on any atom is -0.375 e. The van der Waals surface area contributed by atoms with Gasteiger partial charge in [-0.1, -0.05) is 50.1 Å². The molecular weight excluding hydrogens is 377 g/mol. The Morgan fingerprint density at radius 1 is 1.19 bits per heavy atom. The average molecular weight is 405 g/mol. The van der Waals surface area contributed by atoms with E-state index in [9.17, 15) is 0 Å². The van der Waals surface area contributed by atoms with E-state index < -0.39 is 0 Å². The van der Waals surface area contributed by atoms with E-state index in [0.717, 1.165) is 12.5 Å². The molecule has 0 aliphatic rings. The van der Waals surface area contributed by atoms with E-state index in [2.05, 4.69) is 34.7 Å². The monoisotopic (exact) mass is 405 g/mol. The van der Waals surface area contributed by atoms with Gasteiger partial charge in [0.05, 0.1) is 6.10 Å². The van der Waals surface area contributed by atoms with Gasteiger partial charge >= 0.3 is 0 Å². The molecule has 0 fully saturated rings. The van der Waals surface area contributed by atoms with Crippen molar-refractivity contribution in [2.75, 3.05) is 27.2 Å². The molecule has 0 spiro atoms. The van der Waals surface area contributed by atoms with E-state index in [-0.39, 0.29) is 30.1 Å². The van der Waals surface area contributed by atoms with Crippen molar-refractivity contribution in [2.24, 2.45) is 4.99 Å². The third-order valence-electron chi connectivity index (χ3n) is 3.21. The van der Waals surface area contributed by atoms with Crippen molar-refractivity contribution in [2.45, 2.75) is 32.3 Å². The van der Waals surface area contributed by atoms with E-state index >= 15 is 0 Å². The Labute approximate surface area is 145 Å². The number of ether oxygens (including phenoxy) is 1. The summed E-state index contributed by atoms with van der Waals surface area (Å²) in [6, 6.07) is 10.2. The first-order valence-electron chi connectivity index (χ1n) is 7.34. The minimum absolute atomic E-state index is 0. The SMILES string of the molecule is CCCCCNC(=NC)NCC(OC)c1ccccc1.I. The summed E-state index contributed by atoms with van der Waals surface area (Å²) in [5, 5.41) is 6.63. The molecule has 1 rings (SSSR count). The average Bonchev–Trinajstić information content (AvgIpc) is 2.51. The van der Waals surface area contributed by atoms with Crippen LogP contribution in [0.3, 0.4) is 0 Å². The number of benzene rings is 1. The van der Waals surface area contributed by atoms with Crippen LogP contribution >= 0.6 is 24.0 Å². The first-order chi connectivity index (χ1) is 9.81. The van der Waals surface area contributed by atoms with Gasteiger partial charge < -0.3 is 15.4 Å². The molecule has 0 amide bonds. The van der Waals surface area contributed by atoms with Gasteiger partial charge in [0.25, 0.3) is 0 Å². The molecule has 1 aromatic carbocycles. The maximum Gasteiger partial charge on any atom is 0.191 e. The topological polar surface area (TPSA) is 45.7 Å². The third-order valence-corrected chi connectivity index (χ3v) is 3.21. The molecule has 21 heavy (non-hydrogen) atoms. The maximum absolute atomic E-state index is 5.53. The molecule has 1 aromatic rings. The Kier molecular flexibility index (Phi) is 12.4. The summed E-state index contributed by atoms with van der Waals surface area (Å²) in [7, 11) is 3.52. The highest BCUT2D eigenvalue weighted by atomic mass is 127. The van der Waals surface area contributed by atoms with Crippen molar-refractivity contribution in [3.8, 4) is 0 Å². The van der Waals surface area contributed by atoms with Crippen LogP contribution in [0.25, 0.3) is 0 Å². The molecule has 0 saturated carbocycles. The minimum atomic E-state index is 0. The van der Waals surface area contributed by atoms with Gasteiger partial charge in [-0.15, -0.1) is 24.0 Å². The molecular formula is C16H28IN3O. The van der Waals surface area contributed by atoms with Crippen molar-refractivity contribution < 1.29 is 4.74 Å². The highest BCUT2D eigenvalue weighted by molar-refractivity contribution is 14.0. The normalized spacial score (nSPS) is 12.4. The number of nitrogens with zero attached hydrogens (tertiary/aromatic N) is 1. The number of hydrogen-bond acceptors (Lipinski definition) is 2. The fraction of sp³-hybridized carbons (Fsp3) is 0.562. The Bertz CT molecular complexity index is 384. The number of unbranched alkanes of at least 4 members (excludes halogenated alkanes) is 2. The number of nitrogens with one attached hydrogen (secondary N) is 2. The summed E-state index contributed by atoms with van der Waals surface area (Å²) in [4.78, 5) is 4.22. The van der Waals surface area contributed by atoms with E-state index in [1.54, 1.807) is 14.2 Å². The molecule has 5 heteroatoms. The molecule has 0 heterocycles. The number of guanidine groups is 1. The van der Waals surface area contributed by atoms with E-state index in [1.807, 2.05) is 18.2 Å². The van der Waals surface area contributed by atoms with E-state index in [4.69, 9.17) is 4.74 Å². The van der Waals surface area contributed by atoms with Gasteiger partial charge in [0, 0.05) is 27.2 Å². The van der Waals surface area contributed by atoms with Crippen LogP contribution in [-0.2, 0) is 4.74 Å². The lowest BCUT2D eigenvalue weighted by Gasteiger charge is -2.18. The number of aliphatic imine (C=N–C) groups is 1. The lowest BCUT2D eigenvalue weighted by atomic mass is 10.1. The summed E-state index contributed by atoms with van der Waals surface area (Å²) in [5.74, 6) is 0.832.